The van der Waals surface area contributed by atoms with Crippen LogP contribution in [-0.4, -0.2) is 18.1 Å². The highest BCUT2D eigenvalue weighted by atomic mass is 16.1. The molecule has 1 saturated carbocycles. The Balaban J connectivity index is 2.53. The van der Waals surface area contributed by atoms with Crippen molar-refractivity contribution >= 4 is 12.1 Å². The van der Waals surface area contributed by atoms with Gasteiger partial charge in [0.15, 0.2) is 0 Å². The van der Waals surface area contributed by atoms with Gasteiger partial charge in [-0.05, 0) is 12.8 Å². The standard InChI is InChI=1S/C8H13NO2/c9-7(5-10)6-3-1-2-4-8(6)11/h5-7H,1-4,9H2. The van der Waals surface area contributed by atoms with E-state index in [-0.39, 0.29) is 11.7 Å². The predicted molar refractivity (Wildman–Crippen MR) is 41.0 cm³/mol. The third kappa shape index (κ3) is 1.87. The van der Waals surface area contributed by atoms with Crippen LogP contribution in [0.2, 0.25) is 0 Å². The first kappa shape index (κ1) is 8.40. The quantitative estimate of drug-likeness (QED) is 0.582. The van der Waals surface area contributed by atoms with Gasteiger partial charge in [0.2, 0.25) is 0 Å². The lowest BCUT2D eigenvalue weighted by atomic mass is 9.84. The van der Waals surface area contributed by atoms with Crippen LogP contribution in [-0.2, 0) is 9.59 Å². The molecule has 2 atom stereocenters. The van der Waals surface area contributed by atoms with Gasteiger partial charge >= 0.3 is 0 Å². The largest absolute Gasteiger partial charge is 0.321 e. The number of ketones is 1. The monoisotopic (exact) mass is 155 g/mol. The van der Waals surface area contributed by atoms with Crippen molar-refractivity contribution in [3.8, 4) is 0 Å². The smallest absolute Gasteiger partial charge is 0.137 e. The zero-order valence-electron chi connectivity index (χ0n) is 6.45. The maximum atomic E-state index is 11.2. The minimum atomic E-state index is -0.567. The molecule has 0 aliphatic heterocycles. The van der Waals surface area contributed by atoms with Crippen molar-refractivity contribution in [1.29, 1.82) is 0 Å². The van der Waals surface area contributed by atoms with Crippen LogP contribution in [0.1, 0.15) is 25.7 Å². The molecule has 0 heterocycles. The summed E-state index contributed by atoms with van der Waals surface area (Å²) >= 11 is 0. The molecule has 1 aliphatic rings. The van der Waals surface area contributed by atoms with Crippen LogP contribution >= 0.6 is 0 Å². The average Bonchev–Trinajstić information content (AvgIpc) is 2.04. The Hall–Kier alpha value is -0.700. The van der Waals surface area contributed by atoms with E-state index in [2.05, 4.69) is 0 Å². The van der Waals surface area contributed by atoms with Crippen LogP contribution in [0.5, 0.6) is 0 Å². The third-order valence-electron chi connectivity index (χ3n) is 2.22. The maximum Gasteiger partial charge on any atom is 0.137 e. The molecule has 1 aliphatic carbocycles. The second kappa shape index (κ2) is 3.62. The summed E-state index contributed by atoms with van der Waals surface area (Å²) in [6, 6.07) is -0.567. The molecule has 0 aromatic heterocycles. The molecule has 3 nitrogen and oxygen atoms in total. The van der Waals surface area contributed by atoms with E-state index in [0.29, 0.717) is 12.7 Å². The number of carbonyl (C=O) groups excluding carboxylic acids is 2. The van der Waals surface area contributed by atoms with Gasteiger partial charge in [-0.3, -0.25) is 4.79 Å². The molecule has 0 spiro atoms. The highest BCUT2D eigenvalue weighted by molar-refractivity contribution is 5.85. The van der Waals surface area contributed by atoms with Crippen LogP contribution < -0.4 is 5.73 Å². The van der Waals surface area contributed by atoms with Crippen LogP contribution in [0.4, 0.5) is 0 Å². The van der Waals surface area contributed by atoms with Gasteiger partial charge in [-0.25, -0.2) is 0 Å². The minimum absolute atomic E-state index is 0.163. The lowest BCUT2D eigenvalue weighted by Gasteiger charge is -2.22. The van der Waals surface area contributed by atoms with Crippen molar-refractivity contribution in [2.45, 2.75) is 31.7 Å². The summed E-state index contributed by atoms with van der Waals surface area (Å²) in [4.78, 5) is 21.4. The Labute approximate surface area is 66.0 Å². The molecule has 1 rings (SSSR count). The molecule has 2 unspecified atom stereocenters. The second-order valence-electron chi connectivity index (χ2n) is 3.03. The van der Waals surface area contributed by atoms with Crippen LogP contribution in [0, 0.1) is 5.92 Å². The van der Waals surface area contributed by atoms with E-state index in [1.54, 1.807) is 0 Å². The molecule has 0 bridgehead atoms. The van der Waals surface area contributed by atoms with Crippen molar-refractivity contribution in [1.82, 2.24) is 0 Å². The lowest BCUT2D eigenvalue weighted by molar-refractivity contribution is -0.127. The highest BCUT2D eigenvalue weighted by Gasteiger charge is 2.27. The molecule has 2 N–H and O–H groups in total. The van der Waals surface area contributed by atoms with Gasteiger partial charge in [0.05, 0.1) is 6.04 Å². The highest BCUT2D eigenvalue weighted by Crippen LogP contribution is 2.21. The molecular formula is C8H13NO2. The van der Waals surface area contributed by atoms with Gasteiger partial charge in [-0.15, -0.1) is 0 Å². The molecule has 62 valence electrons. The first-order valence-electron chi connectivity index (χ1n) is 3.99. The van der Waals surface area contributed by atoms with Crippen molar-refractivity contribution in [2.24, 2.45) is 11.7 Å². The van der Waals surface area contributed by atoms with Gasteiger partial charge in [0, 0.05) is 12.3 Å². The van der Waals surface area contributed by atoms with E-state index in [1.807, 2.05) is 0 Å². The summed E-state index contributed by atoms with van der Waals surface area (Å²) in [6.07, 6.45) is 4.05. The molecule has 11 heavy (non-hydrogen) atoms. The zero-order chi connectivity index (χ0) is 8.27. The van der Waals surface area contributed by atoms with Crippen molar-refractivity contribution < 1.29 is 9.59 Å². The molecule has 0 amide bonds. The van der Waals surface area contributed by atoms with Gasteiger partial charge in [0.25, 0.3) is 0 Å². The Kier molecular flexibility index (Phi) is 2.76. The summed E-state index contributed by atoms with van der Waals surface area (Å²) in [5.74, 6) is -0.0305. The summed E-state index contributed by atoms with van der Waals surface area (Å²) in [5, 5.41) is 0. The minimum Gasteiger partial charge on any atom is -0.321 e. The van der Waals surface area contributed by atoms with Crippen molar-refractivity contribution in [2.75, 3.05) is 0 Å². The van der Waals surface area contributed by atoms with Crippen molar-refractivity contribution in [3.63, 3.8) is 0 Å². The SMILES string of the molecule is NC(C=O)C1CCCCC1=O. The summed E-state index contributed by atoms with van der Waals surface area (Å²) in [7, 11) is 0. The van der Waals surface area contributed by atoms with Gasteiger partial charge < -0.3 is 10.5 Å². The number of hydrogen-bond donors (Lipinski definition) is 1. The molecular weight excluding hydrogens is 142 g/mol. The first-order chi connectivity index (χ1) is 5.25. The molecule has 0 saturated heterocycles. The molecule has 0 radical (unpaired) electrons. The topological polar surface area (TPSA) is 60.2 Å². The van der Waals surface area contributed by atoms with E-state index < -0.39 is 6.04 Å². The summed E-state index contributed by atoms with van der Waals surface area (Å²) in [5.41, 5.74) is 5.45. The number of hydrogen-bond acceptors (Lipinski definition) is 3. The van der Waals surface area contributed by atoms with E-state index in [9.17, 15) is 9.59 Å². The van der Waals surface area contributed by atoms with Crippen LogP contribution in [0.25, 0.3) is 0 Å². The molecule has 3 heteroatoms. The number of aldehydes is 1. The maximum absolute atomic E-state index is 11.2. The predicted octanol–water partition coefficient (Wildman–Crippen LogP) is 0.272. The van der Waals surface area contributed by atoms with Gasteiger partial charge in [-0.1, -0.05) is 6.42 Å². The Morgan fingerprint density at radius 1 is 1.55 bits per heavy atom. The number of nitrogens with two attached hydrogens (primary N) is 1. The zero-order valence-corrected chi connectivity index (χ0v) is 6.45. The Bertz CT molecular complexity index is 167. The lowest BCUT2D eigenvalue weighted by Crippen LogP contribution is -2.38. The summed E-state index contributed by atoms with van der Waals surface area (Å²) in [6.45, 7) is 0. The normalized spacial score (nSPS) is 28.1. The number of rotatable bonds is 2. The van der Waals surface area contributed by atoms with E-state index in [1.165, 1.54) is 0 Å². The molecule has 0 aromatic rings. The fourth-order valence-electron chi connectivity index (χ4n) is 1.51. The van der Waals surface area contributed by atoms with Crippen molar-refractivity contribution in [3.05, 3.63) is 0 Å². The van der Waals surface area contributed by atoms with Gasteiger partial charge in [0.1, 0.15) is 12.1 Å². The summed E-state index contributed by atoms with van der Waals surface area (Å²) < 4.78 is 0. The first-order valence-corrected chi connectivity index (χ1v) is 3.99. The number of Topliss-reactive ketones (excluding diaryl/α,β-unsaturated/α-hetero) is 1. The Morgan fingerprint density at radius 2 is 2.27 bits per heavy atom. The fraction of sp³-hybridized carbons (Fsp3) is 0.750. The van der Waals surface area contributed by atoms with E-state index >= 15 is 0 Å². The van der Waals surface area contributed by atoms with Gasteiger partial charge in [-0.2, -0.15) is 0 Å². The average molecular weight is 155 g/mol. The Morgan fingerprint density at radius 3 is 2.82 bits per heavy atom. The fourth-order valence-corrected chi connectivity index (χ4v) is 1.51. The van der Waals surface area contributed by atoms with Crippen LogP contribution in [0.3, 0.4) is 0 Å². The number of carbonyl (C=O) groups is 2. The van der Waals surface area contributed by atoms with E-state index in [0.717, 1.165) is 19.3 Å². The third-order valence-corrected chi connectivity index (χ3v) is 2.22. The molecule has 0 aromatic carbocycles. The molecule has 1 fully saturated rings. The van der Waals surface area contributed by atoms with Crippen LogP contribution in [0.15, 0.2) is 0 Å². The second-order valence-corrected chi connectivity index (χ2v) is 3.03. The van der Waals surface area contributed by atoms with E-state index in [4.69, 9.17) is 5.73 Å².